The van der Waals surface area contributed by atoms with Gasteiger partial charge in [-0.05, 0) is 69.4 Å². The van der Waals surface area contributed by atoms with Gasteiger partial charge in [-0.15, -0.1) is 0 Å². The third kappa shape index (κ3) is 3.12. The highest BCUT2D eigenvalue weighted by Crippen LogP contribution is 2.54. The molecule has 0 spiro atoms. The molecular weight excluding hydrogens is 354 g/mol. The molecule has 0 fully saturated rings. The number of rotatable bonds is 4. The van der Waals surface area contributed by atoms with Crippen LogP contribution in [-0.2, 0) is 6.42 Å². The predicted molar refractivity (Wildman–Crippen MR) is 110 cm³/mol. The van der Waals surface area contributed by atoms with Gasteiger partial charge >= 0.3 is 0 Å². The van der Waals surface area contributed by atoms with Crippen LogP contribution in [0.5, 0.6) is 17.2 Å². The van der Waals surface area contributed by atoms with Crippen LogP contribution in [0, 0.1) is 0 Å². The molecule has 0 N–H and O–H groups in total. The molecule has 0 saturated heterocycles. The molecule has 28 heavy (non-hydrogen) atoms. The fourth-order valence-corrected chi connectivity index (χ4v) is 4.19. The second-order valence-corrected chi connectivity index (χ2v) is 8.52. The molecular formula is C22H27N3O3. The summed E-state index contributed by atoms with van der Waals surface area (Å²) < 4.78 is 19.0. The summed E-state index contributed by atoms with van der Waals surface area (Å²) in [6.07, 6.45) is 9.99. The molecule has 1 unspecified atom stereocenters. The summed E-state index contributed by atoms with van der Waals surface area (Å²) in [4.78, 5) is 2.91. The number of azide groups is 1. The zero-order valence-electron chi connectivity index (χ0n) is 17.0. The molecule has 0 radical (unpaired) electrons. The van der Waals surface area contributed by atoms with E-state index in [4.69, 9.17) is 19.7 Å². The Labute approximate surface area is 165 Å². The van der Waals surface area contributed by atoms with Crippen molar-refractivity contribution in [1.82, 2.24) is 0 Å². The van der Waals surface area contributed by atoms with E-state index in [0.29, 0.717) is 13.2 Å². The van der Waals surface area contributed by atoms with Gasteiger partial charge in [0.25, 0.3) is 0 Å². The zero-order chi connectivity index (χ0) is 19.9. The zero-order valence-corrected chi connectivity index (χ0v) is 17.0. The lowest BCUT2D eigenvalue weighted by molar-refractivity contribution is 0.0707. The molecule has 3 aliphatic rings. The lowest BCUT2D eigenvalue weighted by Crippen LogP contribution is -2.40. The van der Waals surface area contributed by atoms with Crippen molar-refractivity contribution in [3.8, 4) is 17.2 Å². The summed E-state index contributed by atoms with van der Waals surface area (Å²) in [6.45, 7) is 9.16. The van der Waals surface area contributed by atoms with Crippen LogP contribution < -0.4 is 14.2 Å². The fraction of sp³-hybridized carbons (Fsp3) is 0.545. The van der Waals surface area contributed by atoms with Gasteiger partial charge in [-0.3, -0.25) is 0 Å². The minimum absolute atomic E-state index is 0.298. The van der Waals surface area contributed by atoms with Crippen molar-refractivity contribution < 1.29 is 14.2 Å². The van der Waals surface area contributed by atoms with Gasteiger partial charge < -0.3 is 14.2 Å². The second kappa shape index (κ2) is 6.78. The minimum atomic E-state index is -0.529. The molecule has 0 aromatic heterocycles. The SMILES string of the molecule is CCCC1=CCOc2c3c(c4c(c21)OC(C)(C)C=C4)OC(C)(CN=[N+]=[N-])CC3. The van der Waals surface area contributed by atoms with E-state index in [0.717, 1.165) is 59.6 Å². The summed E-state index contributed by atoms with van der Waals surface area (Å²) >= 11 is 0. The minimum Gasteiger partial charge on any atom is -0.488 e. The van der Waals surface area contributed by atoms with Crippen LogP contribution in [0.15, 0.2) is 17.3 Å². The Balaban J connectivity index is 1.91. The van der Waals surface area contributed by atoms with Crippen molar-refractivity contribution in [3.05, 3.63) is 39.3 Å². The highest BCUT2D eigenvalue weighted by Gasteiger charge is 2.40. The van der Waals surface area contributed by atoms with Gasteiger partial charge in [0.15, 0.2) is 0 Å². The van der Waals surface area contributed by atoms with Crippen LogP contribution in [0.1, 0.15) is 63.6 Å². The molecule has 1 atom stereocenters. The van der Waals surface area contributed by atoms with Gasteiger partial charge in [0.1, 0.15) is 35.1 Å². The first-order chi connectivity index (χ1) is 13.4. The third-order valence-corrected chi connectivity index (χ3v) is 5.63. The molecule has 0 amide bonds. The second-order valence-electron chi connectivity index (χ2n) is 8.52. The maximum Gasteiger partial charge on any atom is 0.142 e. The van der Waals surface area contributed by atoms with Crippen molar-refractivity contribution in [2.45, 2.75) is 64.6 Å². The van der Waals surface area contributed by atoms with Crippen molar-refractivity contribution in [2.75, 3.05) is 13.2 Å². The molecule has 1 aromatic carbocycles. The first-order valence-corrected chi connectivity index (χ1v) is 10.0. The molecule has 3 heterocycles. The van der Waals surface area contributed by atoms with E-state index in [1.54, 1.807) is 0 Å². The Morgan fingerprint density at radius 1 is 1.18 bits per heavy atom. The van der Waals surface area contributed by atoms with Gasteiger partial charge in [0.05, 0.1) is 17.7 Å². The lowest BCUT2D eigenvalue weighted by Gasteiger charge is -2.40. The van der Waals surface area contributed by atoms with Crippen LogP contribution in [-0.4, -0.2) is 24.4 Å². The maximum atomic E-state index is 8.74. The number of hydrogen-bond acceptors (Lipinski definition) is 4. The number of ether oxygens (including phenoxy) is 3. The first-order valence-electron chi connectivity index (χ1n) is 10.0. The van der Waals surface area contributed by atoms with E-state index < -0.39 is 11.2 Å². The van der Waals surface area contributed by atoms with E-state index in [1.807, 2.05) is 6.92 Å². The van der Waals surface area contributed by atoms with Crippen LogP contribution in [0.25, 0.3) is 22.1 Å². The van der Waals surface area contributed by atoms with Gasteiger partial charge in [0, 0.05) is 10.5 Å². The smallest absolute Gasteiger partial charge is 0.142 e. The lowest BCUT2D eigenvalue weighted by atomic mass is 9.84. The maximum absolute atomic E-state index is 8.74. The van der Waals surface area contributed by atoms with Crippen molar-refractivity contribution in [3.63, 3.8) is 0 Å². The van der Waals surface area contributed by atoms with Crippen molar-refractivity contribution >= 4 is 11.6 Å². The van der Waals surface area contributed by atoms with E-state index in [9.17, 15) is 0 Å². The number of nitrogens with zero attached hydrogens (tertiary/aromatic N) is 3. The summed E-state index contributed by atoms with van der Waals surface area (Å²) in [5, 5.41) is 3.77. The standard InChI is InChI=1S/C22H27N3O3/c1-5-6-14-9-12-26-19-15-8-11-22(4,13-24-25-23)28-18(15)16-7-10-21(2,3)27-20(16)17(14)19/h7,9-10H,5-6,8,11-13H2,1-4H3. The van der Waals surface area contributed by atoms with Crippen LogP contribution in [0.2, 0.25) is 0 Å². The fourth-order valence-electron chi connectivity index (χ4n) is 4.19. The topological polar surface area (TPSA) is 76.5 Å². The van der Waals surface area contributed by atoms with Gasteiger partial charge in [-0.25, -0.2) is 0 Å². The summed E-state index contributed by atoms with van der Waals surface area (Å²) in [7, 11) is 0. The highest BCUT2D eigenvalue weighted by molar-refractivity contribution is 5.86. The van der Waals surface area contributed by atoms with E-state index >= 15 is 0 Å². The van der Waals surface area contributed by atoms with Crippen LogP contribution in [0.3, 0.4) is 0 Å². The van der Waals surface area contributed by atoms with Crippen molar-refractivity contribution in [2.24, 2.45) is 5.11 Å². The first kappa shape index (κ1) is 18.8. The molecule has 0 aliphatic carbocycles. The van der Waals surface area contributed by atoms with Gasteiger partial charge in [0.2, 0.25) is 0 Å². The third-order valence-electron chi connectivity index (χ3n) is 5.63. The van der Waals surface area contributed by atoms with E-state index in [2.05, 4.69) is 49.0 Å². The number of allylic oxidation sites excluding steroid dienone is 1. The average molecular weight is 381 g/mol. The highest BCUT2D eigenvalue weighted by atomic mass is 16.5. The van der Waals surface area contributed by atoms with Crippen LogP contribution in [0.4, 0.5) is 0 Å². The normalized spacial score (nSPS) is 23.6. The Morgan fingerprint density at radius 3 is 2.75 bits per heavy atom. The summed E-state index contributed by atoms with van der Waals surface area (Å²) in [6, 6.07) is 0. The predicted octanol–water partition coefficient (Wildman–Crippen LogP) is 5.84. The number of hydrogen-bond donors (Lipinski definition) is 0. The largest absolute Gasteiger partial charge is 0.488 e. The molecule has 3 aliphatic heterocycles. The van der Waals surface area contributed by atoms with E-state index in [1.165, 1.54) is 5.57 Å². The molecule has 0 bridgehead atoms. The number of benzene rings is 1. The molecule has 6 heteroatoms. The summed E-state index contributed by atoms with van der Waals surface area (Å²) in [5.74, 6) is 2.55. The Kier molecular flexibility index (Phi) is 4.54. The Bertz CT molecular complexity index is 926. The number of fused-ring (bicyclic) bond motifs is 6. The Hall–Kier alpha value is -2.59. The summed E-state index contributed by atoms with van der Waals surface area (Å²) in [5.41, 5.74) is 12.3. The van der Waals surface area contributed by atoms with Gasteiger partial charge in [-0.2, -0.15) is 0 Å². The van der Waals surface area contributed by atoms with E-state index in [-0.39, 0.29) is 0 Å². The Morgan fingerprint density at radius 2 is 2.00 bits per heavy atom. The monoisotopic (exact) mass is 381 g/mol. The molecule has 6 nitrogen and oxygen atoms in total. The molecule has 148 valence electrons. The van der Waals surface area contributed by atoms with Crippen LogP contribution >= 0.6 is 0 Å². The molecule has 1 aromatic rings. The average Bonchev–Trinajstić information content (AvgIpc) is 2.66. The molecule has 0 saturated carbocycles. The van der Waals surface area contributed by atoms with Gasteiger partial charge in [-0.1, -0.05) is 18.5 Å². The molecule has 4 rings (SSSR count). The quantitative estimate of drug-likeness (QED) is 0.373. The van der Waals surface area contributed by atoms with Crippen molar-refractivity contribution in [1.29, 1.82) is 0 Å².